The molecule has 2 aromatic carbocycles. The van der Waals surface area contributed by atoms with E-state index in [-0.39, 0.29) is 11.3 Å². The molecular weight excluding hydrogens is 485 g/mol. The zero-order valence-corrected chi connectivity index (χ0v) is 20.0. The minimum absolute atomic E-state index is 0.0505. The summed E-state index contributed by atoms with van der Waals surface area (Å²) in [6, 6.07) is 17.8. The molecule has 1 N–H and O–H groups in total. The number of ether oxygens (including phenoxy) is 2. The molecule has 0 saturated carbocycles. The molecule has 0 fully saturated rings. The van der Waals surface area contributed by atoms with Gasteiger partial charge in [-0.2, -0.15) is 9.61 Å². The molecule has 5 rings (SSSR count). The number of hydrogen-bond acceptors (Lipinski definition) is 6. The second-order valence-corrected chi connectivity index (χ2v) is 8.20. The second-order valence-electron chi connectivity index (χ2n) is 7.80. The van der Waals surface area contributed by atoms with Crippen LogP contribution in [0.25, 0.3) is 16.9 Å². The van der Waals surface area contributed by atoms with Gasteiger partial charge in [0.2, 0.25) is 5.88 Å². The largest absolute Gasteiger partial charge is 0.495 e. The number of aryl methyl sites for hydroxylation is 1. The van der Waals surface area contributed by atoms with Crippen molar-refractivity contribution in [1.82, 2.24) is 19.6 Å². The number of benzene rings is 2. The first kappa shape index (κ1) is 23.3. The van der Waals surface area contributed by atoms with Gasteiger partial charge in [-0.05, 0) is 55.5 Å². The maximum absolute atomic E-state index is 14.9. The van der Waals surface area contributed by atoms with Gasteiger partial charge in [-0.1, -0.05) is 17.7 Å². The number of halogens is 2. The van der Waals surface area contributed by atoms with E-state index in [2.05, 4.69) is 20.4 Å². The molecule has 3 heterocycles. The van der Waals surface area contributed by atoms with Crippen LogP contribution >= 0.6 is 11.6 Å². The Kier molecular flexibility index (Phi) is 6.22. The standard InChI is InChI=1S/C26H19ClFN5O3/c1-15-12-25(33-24(30-15)10-11-29-33)36-22-9-7-17(14-19(22)28)26(34)32-23-5-3-4-20(31-23)16-6-8-21(35-2)18(27)13-16/h3-14H,1-2H3,(H,31,32,34). The number of methoxy groups -OCH3 is 1. The van der Waals surface area contributed by atoms with Gasteiger partial charge in [0.15, 0.2) is 17.2 Å². The van der Waals surface area contributed by atoms with Gasteiger partial charge in [-0.25, -0.2) is 14.4 Å². The van der Waals surface area contributed by atoms with E-state index in [0.29, 0.717) is 39.5 Å². The third kappa shape index (κ3) is 4.69. The van der Waals surface area contributed by atoms with Crippen molar-refractivity contribution in [3.8, 4) is 28.6 Å². The van der Waals surface area contributed by atoms with Gasteiger partial charge in [-0.3, -0.25) is 4.79 Å². The van der Waals surface area contributed by atoms with Crippen LogP contribution in [-0.2, 0) is 0 Å². The predicted molar refractivity (Wildman–Crippen MR) is 133 cm³/mol. The van der Waals surface area contributed by atoms with Crippen molar-refractivity contribution in [2.24, 2.45) is 0 Å². The number of pyridine rings is 1. The van der Waals surface area contributed by atoms with Crippen LogP contribution in [-0.4, -0.2) is 32.6 Å². The van der Waals surface area contributed by atoms with Crippen molar-refractivity contribution in [1.29, 1.82) is 0 Å². The minimum Gasteiger partial charge on any atom is -0.495 e. The van der Waals surface area contributed by atoms with Gasteiger partial charge in [0.1, 0.15) is 11.6 Å². The highest BCUT2D eigenvalue weighted by Crippen LogP contribution is 2.30. The van der Waals surface area contributed by atoms with Gasteiger partial charge in [-0.15, -0.1) is 0 Å². The average molecular weight is 504 g/mol. The first-order chi connectivity index (χ1) is 17.4. The van der Waals surface area contributed by atoms with Crippen LogP contribution in [0, 0.1) is 12.7 Å². The fourth-order valence-corrected chi connectivity index (χ4v) is 3.85. The van der Waals surface area contributed by atoms with E-state index in [1.54, 1.807) is 55.6 Å². The van der Waals surface area contributed by atoms with Crippen LogP contribution in [0.1, 0.15) is 16.1 Å². The molecule has 0 unspecified atom stereocenters. The molecule has 3 aromatic heterocycles. The monoisotopic (exact) mass is 503 g/mol. The Labute approximate surface area is 210 Å². The Balaban J connectivity index is 1.34. The summed E-state index contributed by atoms with van der Waals surface area (Å²) in [4.78, 5) is 21.6. The van der Waals surface area contributed by atoms with E-state index >= 15 is 0 Å². The highest BCUT2D eigenvalue weighted by atomic mass is 35.5. The molecule has 0 aliphatic carbocycles. The lowest BCUT2D eigenvalue weighted by Gasteiger charge is -2.11. The Morgan fingerprint density at radius 2 is 1.86 bits per heavy atom. The third-order valence-corrected chi connectivity index (χ3v) is 5.60. The number of rotatable bonds is 6. The number of fused-ring (bicyclic) bond motifs is 1. The fraction of sp³-hybridized carbons (Fsp3) is 0.0769. The normalized spacial score (nSPS) is 10.9. The lowest BCUT2D eigenvalue weighted by Crippen LogP contribution is -2.13. The molecule has 1 amide bonds. The average Bonchev–Trinajstić information content (AvgIpc) is 3.34. The van der Waals surface area contributed by atoms with Gasteiger partial charge >= 0.3 is 0 Å². The van der Waals surface area contributed by atoms with Crippen molar-refractivity contribution in [3.05, 3.63) is 95.0 Å². The molecule has 180 valence electrons. The number of amides is 1. The number of anilines is 1. The Morgan fingerprint density at radius 1 is 1.03 bits per heavy atom. The van der Waals surface area contributed by atoms with Crippen LogP contribution in [0.2, 0.25) is 5.02 Å². The quantitative estimate of drug-likeness (QED) is 0.308. The van der Waals surface area contributed by atoms with Crippen LogP contribution in [0.5, 0.6) is 17.4 Å². The Hall–Kier alpha value is -4.50. The summed E-state index contributed by atoms with van der Waals surface area (Å²) in [5.74, 6) is -0.117. The molecule has 0 bridgehead atoms. The molecular formula is C26H19ClFN5O3. The lowest BCUT2D eigenvalue weighted by atomic mass is 10.1. The molecule has 10 heteroatoms. The van der Waals surface area contributed by atoms with Crippen molar-refractivity contribution in [3.63, 3.8) is 0 Å². The molecule has 0 spiro atoms. The fourth-order valence-electron chi connectivity index (χ4n) is 3.59. The molecule has 36 heavy (non-hydrogen) atoms. The lowest BCUT2D eigenvalue weighted by molar-refractivity contribution is 0.102. The third-order valence-electron chi connectivity index (χ3n) is 5.30. The molecule has 0 aliphatic rings. The maximum atomic E-state index is 14.9. The van der Waals surface area contributed by atoms with Crippen LogP contribution < -0.4 is 14.8 Å². The number of carbonyl (C=O) groups is 1. The highest BCUT2D eigenvalue weighted by Gasteiger charge is 2.15. The van der Waals surface area contributed by atoms with Gasteiger partial charge in [0, 0.05) is 29.0 Å². The molecule has 0 saturated heterocycles. The van der Waals surface area contributed by atoms with Gasteiger partial charge < -0.3 is 14.8 Å². The Morgan fingerprint density at radius 3 is 2.64 bits per heavy atom. The zero-order valence-electron chi connectivity index (χ0n) is 19.2. The predicted octanol–water partition coefficient (Wildman–Crippen LogP) is 5.95. The van der Waals surface area contributed by atoms with Crippen LogP contribution in [0.15, 0.2) is 72.9 Å². The van der Waals surface area contributed by atoms with E-state index in [4.69, 9.17) is 21.1 Å². The summed E-state index contributed by atoms with van der Waals surface area (Å²) in [5, 5.41) is 7.28. The molecule has 5 aromatic rings. The van der Waals surface area contributed by atoms with E-state index in [9.17, 15) is 9.18 Å². The summed E-state index contributed by atoms with van der Waals surface area (Å²) in [5.41, 5.74) is 2.73. The van der Waals surface area contributed by atoms with E-state index in [0.717, 1.165) is 11.6 Å². The van der Waals surface area contributed by atoms with Crippen molar-refractivity contribution in [2.75, 3.05) is 12.4 Å². The molecule has 0 atom stereocenters. The molecule has 8 nitrogen and oxygen atoms in total. The minimum atomic E-state index is -0.702. The summed E-state index contributed by atoms with van der Waals surface area (Å²) >= 11 is 6.22. The van der Waals surface area contributed by atoms with E-state index in [1.807, 2.05) is 6.07 Å². The Bertz CT molecular complexity index is 1600. The highest BCUT2D eigenvalue weighted by molar-refractivity contribution is 6.32. The summed E-state index contributed by atoms with van der Waals surface area (Å²) < 4.78 is 27.2. The number of nitrogens with one attached hydrogen (secondary N) is 1. The number of aromatic nitrogens is 4. The molecule has 0 radical (unpaired) electrons. The van der Waals surface area contributed by atoms with Crippen LogP contribution in [0.3, 0.4) is 0 Å². The first-order valence-electron chi connectivity index (χ1n) is 10.8. The van der Waals surface area contributed by atoms with Crippen molar-refractivity contribution in [2.45, 2.75) is 6.92 Å². The smallest absolute Gasteiger partial charge is 0.256 e. The summed E-state index contributed by atoms with van der Waals surface area (Å²) in [6.45, 7) is 1.80. The van der Waals surface area contributed by atoms with E-state index < -0.39 is 11.7 Å². The summed E-state index contributed by atoms with van der Waals surface area (Å²) in [7, 11) is 1.54. The van der Waals surface area contributed by atoms with Gasteiger partial charge in [0.25, 0.3) is 5.91 Å². The number of carbonyl (C=O) groups excluding carboxylic acids is 1. The summed E-state index contributed by atoms with van der Waals surface area (Å²) in [6.07, 6.45) is 1.57. The maximum Gasteiger partial charge on any atom is 0.256 e. The van der Waals surface area contributed by atoms with Crippen molar-refractivity contribution < 1.29 is 18.7 Å². The molecule has 0 aliphatic heterocycles. The van der Waals surface area contributed by atoms with Crippen molar-refractivity contribution >= 4 is 29.0 Å². The second kappa shape index (κ2) is 9.63. The SMILES string of the molecule is COc1ccc(-c2cccc(NC(=O)c3ccc(Oc4cc(C)nc5ccnn45)c(F)c3)n2)cc1Cl. The van der Waals surface area contributed by atoms with E-state index in [1.165, 1.54) is 23.8 Å². The van der Waals surface area contributed by atoms with Gasteiger partial charge in [0.05, 0.1) is 24.0 Å². The number of hydrogen-bond donors (Lipinski definition) is 1. The van der Waals surface area contributed by atoms with Crippen LogP contribution in [0.4, 0.5) is 10.2 Å². The number of nitrogens with zero attached hydrogens (tertiary/aromatic N) is 4. The topological polar surface area (TPSA) is 90.6 Å². The first-order valence-corrected chi connectivity index (χ1v) is 11.2. The zero-order chi connectivity index (χ0) is 25.2.